The molecule has 1 heterocycles. The molecule has 1 aromatic carbocycles. The van der Waals surface area contributed by atoms with Crippen LogP contribution >= 0.6 is 27.5 Å². The van der Waals surface area contributed by atoms with E-state index < -0.39 is 5.91 Å². The number of halogens is 2. The molecule has 0 saturated carbocycles. The number of rotatable bonds is 4. The van der Waals surface area contributed by atoms with Gasteiger partial charge < -0.3 is 9.73 Å². The van der Waals surface area contributed by atoms with Crippen LogP contribution < -0.4 is 5.32 Å². The van der Waals surface area contributed by atoms with E-state index in [0.29, 0.717) is 16.5 Å². The Bertz CT molecular complexity index is 803. The second-order valence-corrected chi connectivity index (χ2v) is 6.39. The number of benzene rings is 1. The Morgan fingerprint density at radius 3 is 2.74 bits per heavy atom. The number of carbonyl (C=O) groups is 1. The molecule has 0 aliphatic rings. The van der Waals surface area contributed by atoms with E-state index in [9.17, 15) is 4.79 Å². The van der Waals surface area contributed by atoms with Crippen molar-refractivity contribution in [3.63, 3.8) is 0 Å². The lowest BCUT2D eigenvalue weighted by Crippen LogP contribution is -2.30. The van der Waals surface area contributed by atoms with Gasteiger partial charge in [0.2, 0.25) is 0 Å². The predicted octanol–water partition coefficient (Wildman–Crippen LogP) is 4.79. The summed E-state index contributed by atoms with van der Waals surface area (Å²) in [6, 6.07) is 10.8. The average Bonchev–Trinajstić information content (AvgIpc) is 2.95. The molecule has 2 aromatic rings. The molecule has 4 nitrogen and oxygen atoms in total. The second kappa shape index (κ2) is 7.49. The molecule has 1 amide bonds. The van der Waals surface area contributed by atoms with Crippen LogP contribution in [0.3, 0.4) is 0 Å². The molecule has 0 bridgehead atoms. The molecule has 0 aliphatic heterocycles. The highest BCUT2D eigenvalue weighted by atomic mass is 79.9. The lowest BCUT2D eigenvalue weighted by atomic mass is 10.2. The predicted molar refractivity (Wildman–Crippen MR) is 93.7 cm³/mol. The summed E-state index contributed by atoms with van der Waals surface area (Å²) in [6.07, 6.45) is 1.42. The smallest absolute Gasteiger partial charge is 0.262 e. The van der Waals surface area contributed by atoms with Crippen LogP contribution in [-0.4, -0.2) is 11.9 Å². The number of furan rings is 1. The third-order valence-electron chi connectivity index (χ3n) is 2.90. The van der Waals surface area contributed by atoms with Crippen LogP contribution in [-0.2, 0) is 4.79 Å². The van der Waals surface area contributed by atoms with Crippen molar-refractivity contribution in [1.82, 2.24) is 5.32 Å². The summed E-state index contributed by atoms with van der Waals surface area (Å²) in [7, 11) is 0. The number of nitrogens with zero attached hydrogens (tertiary/aromatic N) is 1. The van der Waals surface area contributed by atoms with E-state index in [0.717, 1.165) is 10.0 Å². The standard InChI is InChI=1S/C17H14BrClN2O2/c1-10(2)21-17(22)12(9-20)7-13-4-6-16(23-13)11-3-5-14(18)15(19)8-11/h3-8,10H,1-2H3,(H,21,22)/b12-7+. The van der Waals surface area contributed by atoms with Gasteiger partial charge in [0.1, 0.15) is 23.2 Å². The minimum Gasteiger partial charge on any atom is -0.457 e. The first-order chi connectivity index (χ1) is 10.9. The first kappa shape index (κ1) is 17.3. The SMILES string of the molecule is CC(C)NC(=O)/C(C#N)=C/c1ccc(-c2ccc(Br)c(Cl)c2)o1. The molecule has 0 radical (unpaired) electrons. The fourth-order valence-corrected chi connectivity index (χ4v) is 2.29. The van der Waals surface area contributed by atoms with Crippen molar-refractivity contribution in [3.05, 3.63) is 51.2 Å². The minimum absolute atomic E-state index is 0.00608. The van der Waals surface area contributed by atoms with Crippen LogP contribution in [0.2, 0.25) is 5.02 Å². The third kappa shape index (κ3) is 4.47. The molecular weight excluding hydrogens is 380 g/mol. The summed E-state index contributed by atoms with van der Waals surface area (Å²) in [5.41, 5.74) is 0.802. The van der Waals surface area contributed by atoms with E-state index in [2.05, 4.69) is 21.2 Å². The van der Waals surface area contributed by atoms with Crippen LogP contribution in [0.25, 0.3) is 17.4 Å². The first-order valence-electron chi connectivity index (χ1n) is 6.88. The maximum Gasteiger partial charge on any atom is 0.262 e. The molecule has 118 valence electrons. The lowest BCUT2D eigenvalue weighted by molar-refractivity contribution is -0.117. The zero-order valence-corrected chi connectivity index (χ0v) is 14.9. The Morgan fingerprint density at radius 2 is 2.13 bits per heavy atom. The largest absolute Gasteiger partial charge is 0.457 e. The Morgan fingerprint density at radius 1 is 1.39 bits per heavy atom. The molecule has 1 aromatic heterocycles. The van der Waals surface area contributed by atoms with Crippen molar-refractivity contribution < 1.29 is 9.21 Å². The van der Waals surface area contributed by atoms with Crippen molar-refractivity contribution in [2.45, 2.75) is 19.9 Å². The number of hydrogen-bond donors (Lipinski definition) is 1. The monoisotopic (exact) mass is 392 g/mol. The van der Waals surface area contributed by atoms with Crippen molar-refractivity contribution in [3.8, 4) is 17.4 Å². The molecule has 0 spiro atoms. The van der Waals surface area contributed by atoms with E-state index in [1.807, 2.05) is 32.0 Å². The van der Waals surface area contributed by atoms with Gasteiger partial charge in [-0.2, -0.15) is 5.26 Å². The zero-order chi connectivity index (χ0) is 17.0. The molecule has 0 fully saturated rings. The molecule has 6 heteroatoms. The van der Waals surface area contributed by atoms with E-state index in [4.69, 9.17) is 21.3 Å². The summed E-state index contributed by atoms with van der Waals surface area (Å²) in [5.74, 6) is 0.605. The van der Waals surface area contributed by atoms with Crippen molar-refractivity contribution >= 4 is 39.5 Å². The number of nitrogens with one attached hydrogen (secondary N) is 1. The molecule has 0 unspecified atom stereocenters. The fourth-order valence-electron chi connectivity index (χ4n) is 1.87. The molecule has 23 heavy (non-hydrogen) atoms. The topological polar surface area (TPSA) is 66.0 Å². The number of hydrogen-bond acceptors (Lipinski definition) is 3. The van der Waals surface area contributed by atoms with Crippen LogP contribution in [0.15, 0.2) is 44.8 Å². The van der Waals surface area contributed by atoms with E-state index in [-0.39, 0.29) is 11.6 Å². The van der Waals surface area contributed by atoms with Crippen molar-refractivity contribution in [2.75, 3.05) is 0 Å². The van der Waals surface area contributed by atoms with Crippen LogP contribution in [0.4, 0.5) is 0 Å². The normalized spacial score (nSPS) is 11.4. The highest BCUT2D eigenvalue weighted by Crippen LogP contribution is 2.30. The highest BCUT2D eigenvalue weighted by Gasteiger charge is 2.12. The molecule has 1 N–H and O–H groups in total. The fraction of sp³-hybridized carbons (Fsp3) is 0.176. The number of carbonyl (C=O) groups excluding carboxylic acids is 1. The van der Waals surface area contributed by atoms with Crippen LogP contribution in [0.1, 0.15) is 19.6 Å². The lowest BCUT2D eigenvalue weighted by Gasteiger charge is -2.06. The summed E-state index contributed by atoms with van der Waals surface area (Å²) in [6.45, 7) is 3.66. The van der Waals surface area contributed by atoms with Crippen LogP contribution in [0, 0.1) is 11.3 Å². The maximum atomic E-state index is 11.9. The van der Waals surface area contributed by atoms with Gasteiger partial charge in [-0.15, -0.1) is 0 Å². The minimum atomic E-state index is -0.424. The Labute approximate surface area is 147 Å². The second-order valence-electron chi connectivity index (χ2n) is 5.13. The van der Waals surface area contributed by atoms with Gasteiger partial charge in [0.15, 0.2) is 0 Å². The maximum absolute atomic E-state index is 11.9. The highest BCUT2D eigenvalue weighted by molar-refractivity contribution is 9.10. The van der Waals surface area contributed by atoms with Gasteiger partial charge in [0.05, 0.1) is 5.02 Å². The summed E-state index contributed by atoms with van der Waals surface area (Å²) in [4.78, 5) is 11.9. The molecule has 0 saturated heterocycles. The molecular formula is C17H14BrClN2O2. The molecule has 0 atom stereocenters. The average molecular weight is 394 g/mol. The Kier molecular flexibility index (Phi) is 5.64. The van der Waals surface area contributed by atoms with Crippen LogP contribution in [0.5, 0.6) is 0 Å². The summed E-state index contributed by atoms with van der Waals surface area (Å²) < 4.78 is 6.47. The quantitative estimate of drug-likeness (QED) is 0.599. The van der Waals surface area contributed by atoms with Gasteiger partial charge >= 0.3 is 0 Å². The summed E-state index contributed by atoms with van der Waals surface area (Å²) in [5, 5.41) is 12.4. The number of amides is 1. The van der Waals surface area contributed by atoms with Crippen molar-refractivity contribution in [2.24, 2.45) is 0 Å². The van der Waals surface area contributed by atoms with E-state index in [1.54, 1.807) is 18.2 Å². The first-order valence-corrected chi connectivity index (χ1v) is 8.05. The molecule has 2 rings (SSSR count). The zero-order valence-electron chi connectivity index (χ0n) is 12.6. The van der Waals surface area contributed by atoms with Gasteiger partial charge in [-0.05, 0) is 54.0 Å². The third-order valence-corrected chi connectivity index (χ3v) is 4.13. The Balaban J connectivity index is 2.27. The molecule has 0 aliphatic carbocycles. The Hall–Kier alpha value is -2.03. The van der Waals surface area contributed by atoms with Gasteiger partial charge in [-0.25, -0.2) is 0 Å². The van der Waals surface area contributed by atoms with Crippen molar-refractivity contribution in [1.29, 1.82) is 5.26 Å². The summed E-state index contributed by atoms with van der Waals surface area (Å²) >= 11 is 9.40. The van der Waals surface area contributed by atoms with Gasteiger partial charge in [-0.1, -0.05) is 17.7 Å². The van der Waals surface area contributed by atoms with E-state index in [1.165, 1.54) is 6.08 Å². The number of nitriles is 1. The van der Waals surface area contributed by atoms with Gasteiger partial charge in [0, 0.05) is 22.2 Å². The van der Waals surface area contributed by atoms with Gasteiger partial charge in [-0.3, -0.25) is 4.79 Å². The van der Waals surface area contributed by atoms with Gasteiger partial charge in [0.25, 0.3) is 5.91 Å². The van der Waals surface area contributed by atoms with E-state index >= 15 is 0 Å².